The standard InChI is InChI=1S/C13H13BrN4OS/c1-7-6-8(2)17-13(10(7)11(15)18-19)20-12-9(14)4-3-5-16-12/h3-6,19H,1-2H3,(H2,15,18). The van der Waals surface area contributed by atoms with E-state index in [1.807, 2.05) is 32.0 Å². The van der Waals surface area contributed by atoms with Crippen LogP contribution in [0.4, 0.5) is 0 Å². The molecule has 0 atom stereocenters. The lowest BCUT2D eigenvalue weighted by atomic mass is 10.1. The first-order valence-electron chi connectivity index (χ1n) is 5.77. The maximum Gasteiger partial charge on any atom is 0.173 e. The third-order valence-corrected chi connectivity index (χ3v) is 4.50. The molecule has 0 saturated heterocycles. The zero-order chi connectivity index (χ0) is 14.7. The van der Waals surface area contributed by atoms with E-state index in [0.717, 1.165) is 20.8 Å². The summed E-state index contributed by atoms with van der Waals surface area (Å²) in [5.41, 5.74) is 8.15. The van der Waals surface area contributed by atoms with Crippen LogP contribution in [-0.4, -0.2) is 21.0 Å². The summed E-state index contributed by atoms with van der Waals surface area (Å²) in [6.45, 7) is 3.81. The highest BCUT2D eigenvalue weighted by atomic mass is 79.9. The first kappa shape index (κ1) is 14.8. The molecule has 0 aliphatic carbocycles. The second-order valence-corrected chi connectivity index (χ2v) is 5.97. The minimum absolute atomic E-state index is 0.0459. The van der Waals surface area contributed by atoms with Gasteiger partial charge in [0.15, 0.2) is 5.84 Å². The zero-order valence-electron chi connectivity index (χ0n) is 11.0. The molecule has 0 bridgehead atoms. The summed E-state index contributed by atoms with van der Waals surface area (Å²) in [6, 6.07) is 5.64. The van der Waals surface area contributed by atoms with Crippen molar-refractivity contribution in [3.8, 4) is 0 Å². The maximum absolute atomic E-state index is 8.93. The lowest BCUT2D eigenvalue weighted by molar-refractivity contribution is 0.318. The summed E-state index contributed by atoms with van der Waals surface area (Å²) in [5.74, 6) is 0.0459. The monoisotopic (exact) mass is 352 g/mol. The molecule has 0 fully saturated rings. The van der Waals surface area contributed by atoms with E-state index in [9.17, 15) is 0 Å². The van der Waals surface area contributed by atoms with Gasteiger partial charge in [-0.25, -0.2) is 9.97 Å². The average molecular weight is 353 g/mol. The molecular formula is C13H13BrN4OS. The van der Waals surface area contributed by atoms with Crippen molar-refractivity contribution in [2.75, 3.05) is 0 Å². The largest absolute Gasteiger partial charge is 0.409 e. The zero-order valence-corrected chi connectivity index (χ0v) is 13.4. The van der Waals surface area contributed by atoms with E-state index in [1.54, 1.807) is 6.20 Å². The third kappa shape index (κ3) is 3.10. The predicted octanol–water partition coefficient (Wildman–Crippen LogP) is 3.10. The fourth-order valence-electron chi connectivity index (χ4n) is 1.78. The van der Waals surface area contributed by atoms with Crippen LogP contribution in [0.5, 0.6) is 0 Å². The van der Waals surface area contributed by atoms with Gasteiger partial charge in [-0.1, -0.05) is 5.16 Å². The Morgan fingerprint density at radius 2 is 2.15 bits per heavy atom. The Balaban J connectivity index is 2.53. The topological polar surface area (TPSA) is 84.4 Å². The number of oxime groups is 1. The molecule has 2 aromatic rings. The summed E-state index contributed by atoms with van der Waals surface area (Å²) < 4.78 is 0.872. The highest BCUT2D eigenvalue weighted by Gasteiger charge is 2.16. The number of aromatic nitrogens is 2. The van der Waals surface area contributed by atoms with Gasteiger partial charge in [-0.05, 0) is 65.3 Å². The number of nitrogens with zero attached hydrogens (tertiary/aromatic N) is 3. The van der Waals surface area contributed by atoms with Crippen LogP contribution < -0.4 is 5.73 Å². The first-order valence-corrected chi connectivity index (χ1v) is 7.38. The number of pyridine rings is 2. The van der Waals surface area contributed by atoms with Crippen LogP contribution in [0.2, 0.25) is 0 Å². The Hall–Kier alpha value is -1.60. The summed E-state index contributed by atoms with van der Waals surface area (Å²) in [5, 5.41) is 13.5. The second kappa shape index (κ2) is 6.23. The van der Waals surface area contributed by atoms with Gasteiger partial charge in [0.25, 0.3) is 0 Å². The Morgan fingerprint density at radius 3 is 2.80 bits per heavy atom. The van der Waals surface area contributed by atoms with Crippen molar-refractivity contribution in [2.45, 2.75) is 23.9 Å². The van der Waals surface area contributed by atoms with Crippen LogP contribution in [0.3, 0.4) is 0 Å². The molecule has 2 aromatic heterocycles. The molecule has 0 amide bonds. The lowest BCUT2D eigenvalue weighted by Crippen LogP contribution is -2.17. The molecule has 0 saturated carbocycles. The maximum atomic E-state index is 8.93. The van der Waals surface area contributed by atoms with Gasteiger partial charge in [-0.15, -0.1) is 0 Å². The summed E-state index contributed by atoms with van der Waals surface area (Å²) >= 11 is 4.82. The quantitative estimate of drug-likeness (QED) is 0.383. The predicted molar refractivity (Wildman–Crippen MR) is 82.3 cm³/mol. The highest BCUT2D eigenvalue weighted by molar-refractivity contribution is 9.10. The van der Waals surface area contributed by atoms with E-state index in [4.69, 9.17) is 10.9 Å². The summed E-state index contributed by atoms with van der Waals surface area (Å²) in [4.78, 5) is 8.76. The Morgan fingerprint density at radius 1 is 1.40 bits per heavy atom. The molecule has 3 N–H and O–H groups in total. The van der Waals surface area contributed by atoms with Crippen molar-refractivity contribution in [3.05, 3.63) is 45.7 Å². The van der Waals surface area contributed by atoms with E-state index in [0.29, 0.717) is 10.6 Å². The van der Waals surface area contributed by atoms with Gasteiger partial charge in [0.05, 0.1) is 10.0 Å². The van der Waals surface area contributed by atoms with Gasteiger partial charge in [0.2, 0.25) is 0 Å². The number of amidine groups is 1. The fraction of sp³-hybridized carbons (Fsp3) is 0.154. The highest BCUT2D eigenvalue weighted by Crippen LogP contribution is 2.33. The molecule has 0 radical (unpaired) electrons. The van der Waals surface area contributed by atoms with Gasteiger partial charge in [-0.3, -0.25) is 0 Å². The Bertz CT molecular complexity index is 675. The van der Waals surface area contributed by atoms with E-state index in [-0.39, 0.29) is 5.84 Å². The molecular weight excluding hydrogens is 340 g/mol. The fourth-order valence-corrected chi connectivity index (χ4v) is 3.29. The van der Waals surface area contributed by atoms with Gasteiger partial charge in [0, 0.05) is 11.9 Å². The molecule has 2 heterocycles. The van der Waals surface area contributed by atoms with Gasteiger partial charge in [-0.2, -0.15) is 0 Å². The summed E-state index contributed by atoms with van der Waals surface area (Å²) in [7, 11) is 0. The Kier molecular flexibility index (Phi) is 4.61. The molecule has 0 aliphatic rings. The number of nitrogens with two attached hydrogens (primary N) is 1. The molecule has 0 aliphatic heterocycles. The van der Waals surface area contributed by atoms with Crippen LogP contribution in [0.1, 0.15) is 16.8 Å². The van der Waals surface area contributed by atoms with Crippen molar-refractivity contribution in [2.24, 2.45) is 10.9 Å². The van der Waals surface area contributed by atoms with Gasteiger partial charge < -0.3 is 10.9 Å². The van der Waals surface area contributed by atoms with Gasteiger partial charge >= 0.3 is 0 Å². The van der Waals surface area contributed by atoms with E-state index in [2.05, 4.69) is 31.1 Å². The molecule has 104 valence electrons. The SMILES string of the molecule is Cc1cc(C)c(C(N)=NO)c(Sc2ncccc2Br)n1. The van der Waals surface area contributed by atoms with Crippen molar-refractivity contribution in [1.29, 1.82) is 0 Å². The minimum Gasteiger partial charge on any atom is -0.409 e. The second-order valence-electron chi connectivity index (χ2n) is 4.14. The van der Waals surface area contributed by atoms with Crippen molar-refractivity contribution >= 4 is 33.5 Å². The van der Waals surface area contributed by atoms with Crippen LogP contribution in [0.25, 0.3) is 0 Å². The van der Waals surface area contributed by atoms with Crippen molar-refractivity contribution < 1.29 is 5.21 Å². The molecule has 5 nitrogen and oxygen atoms in total. The number of hydrogen-bond acceptors (Lipinski definition) is 5. The van der Waals surface area contributed by atoms with Crippen LogP contribution in [0.15, 0.2) is 44.1 Å². The number of halogens is 1. The van der Waals surface area contributed by atoms with E-state index < -0.39 is 0 Å². The number of hydrogen-bond donors (Lipinski definition) is 2. The Labute approximate surface area is 129 Å². The number of aryl methyl sites for hydroxylation is 2. The minimum atomic E-state index is 0.0459. The summed E-state index contributed by atoms with van der Waals surface area (Å²) in [6.07, 6.45) is 1.71. The molecule has 0 unspecified atom stereocenters. The number of rotatable bonds is 3. The first-order chi connectivity index (χ1) is 9.52. The molecule has 7 heteroatoms. The molecule has 0 aromatic carbocycles. The molecule has 2 rings (SSSR count). The molecule has 0 spiro atoms. The van der Waals surface area contributed by atoms with Crippen LogP contribution in [0, 0.1) is 13.8 Å². The van der Waals surface area contributed by atoms with Crippen molar-refractivity contribution in [1.82, 2.24) is 9.97 Å². The van der Waals surface area contributed by atoms with Crippen LogP contribution in [-0.2, 0) is 0 Å². The van der Waals surface area contributed by atoms with Crippen LogP contribution >= 0.6 is 27.7 Å². The third-order valence-electron chi connectivity index (χ3n) is 2.59. The van der Waals surface area contributed by atoms with Gasteiger partial charge in [0.1, 0.15) is 10.1 Å². The smallest absolute Gasteiger partial charge is 0.173 e. The molecule has 20 heavy (non-hydrogen) atoms. The normalized spacial score (nSPS) is 11.7. The van der Waals surface area contributed by atoms with E-state index in [1.165, 1.54) is 11.8 Å². The van der Waals surface area contributed by atoms with Crippen molar-refractivity contribution in [3.63, 3.8) is 0 Å². The lowest BCUT2D eigenvalue weighted by Gasteiger charge is -2.11. The average Bonchev–Trinajstić information content (AvgIpc) is 2.40. The van der Waals surface area contributed by atoms with E-state index >= 15 is 0 Å².